The van der Waals surface area contributed by atoms with Crippen LogP contribution in [0.5, 0.6) is 5.75 Å². The van der Waals surface area contributed by atoms with E-state index in [4.69, 9.17) is 25.8 Å². The van der Waals surface area contributed by atoms with Crippen LogP contribution in [0.3, 0.4) is 0 Å². The summed E-state index contributed by atoms with van der Waals surface area (Å²) < 4.78 is 39.4. The number of anilines is 1. The molecule has 4 atom stereocenters. The van der Waals surface area contributed by atoms with Crippen LogP contribution in [0.25, 0.3) is 0 Å². The van der Waals surface area contributed by atoms with Crippen LogP contribution in [0.4, 0.5) is 5.69 Å². The normalized spacial score (nSPS) is 27.3. The van der Waals surface area contributed by atoms with Gasteiger partial charge in [0.2, 0.25) is 5.91 Å². The Morgan fingerprint density at radius 3 is 2.74 bits per heavy atom. The number of amides is 2. The molecule has 0 aromatic heterocycles. The smallest absolute Gasteiger partial charge is 0.286 e. The second-order valence-corrected chi connectivity index (χ2v) is 16.3. The van der Waals surface area contributed by atoms with Crippen molar-refractivity contribution in [1.82, 2.24) is 9.62 Å². The molecule has 1 saturated heterocycles. The zero-order valence-electron chi connectivity index (χ0n) is 29.2. The van der Waals surface area contributed by atoms with Gasteiger partial charge in [-0.15, -0.1) is 4.36 Å². The molecule has 2 fully saturated rings. The summed E-state index contributed by atoms with van der Waals surface area (Å²) in [4.78, 5) is 30.9. The highest BCUT2D eigenvalue weighted by atomic mass is 35.5. The number of aryl methyl sites for hydroxylation is 1. The van der Waals surface area contributed by atoms with Crippen LogP contribution in [0.2, 0.25) is 5.02 Å². The SMILES string of the molecule is CCC(=O)N[S@]1(=O)=NC(=O)c2ccc3c(c2)N(Cc2ccc(Cl)cc2CCCCO3)C[C@@H]2CC[C@H]2[C@@H](OCCN2CCOCC2)/C=C/CCC1. The van der Waals surface area contributed by atoms with E-state index in [0.717, 1.165) is 82.2 Å². The van der Waals surface area contributed by atoms with Gasteiger partial charge in [-0.1, -0.05) is 36.7 Å². The number of rotatable bonds is 6. The van der Waals surface area contributed by atoms with Gasteiger partial charge in [-0.25, -0.2) is 4.21 Å². The topological polar surface area (TPSA) is 110 Å². The quantitative estimate of drug-likeness (QED) is 0.351. The first-order chi connectivity index (χ1) is 24.3. The summed E-state index contributed by atoms with van der Waals surface area (Å²) >= 11 is 6.48. The molecule has 6 rings (SSSR count). The van der Waals surface area contributed by atoms with Gasteiger partial charge in [-0.3, -0.25) is 19.2 Å². The lowest BCUT2D eigenvalue weighted by Crippen LogP contribution is -2.44. The van der Waals surface area contributed by atoms with Crippen molar-refractivity contribution in [2.24, 2.45) is 16.2 Å². The number of carbonyl (C=O) groups is 2. The number of benzene rings is 2. The van der Waals surface area contributed by atoms with Crippen LogP contribution in [-0.2, 0) is 37.1 Å². The summed E-state index contributed by atoms with van der Waals surface area (Å²) in [5.41, 5.74) is 3.52. The molecular formula is C38H51ClN4O6S. The van der Waals surface area contributed by atoms with Crippen LogP contribution >= 0.6 is 11.6 Å². The average Bonchev–Trinajstić information content (AvgIpc) is 3.12. The van der Waals surface area contributed by atoms with Crippen molar-refractivity contribution >= 4 is 39.0 Å². The van der Waals surface area contributed by atoms with Gasteiger partial charge in [0.05, 0.1) is 44.0 Å². The highest BCUT2D eigenvalue weighted by molar-refractivity contribution is 7.92. The molecule has 3 aliphatic heterocycles. The van der Waals surface area contributed by atoms with Crippen molar-refractivity contribution in [3.8, 4) is 5.75 Å². The van der Waals surface area contributed by atoms with Crippen LogP contribution in [0, 0.1) is 11.8 Å². The molecule has 2 aromatic rings. The third-order valence-electron chi connectivity index (χ3n) is 10.3. The predicted molar refractivity (Wildman–Crippen MR) is 197 cm³/mol. The summed E-state index contributed by atoms with van der Waals surface area (Å²) in [7, 11) is -3.34. The Morgan fingerprint density at radius 2 is 1.94 bits per heavy atom. The molecule has 0 spiro atoms. The molecule has 1 saturated carbocycles. The molecule has 272 valence electrons. The Balaban J connectivity index is 1.38. The van der Waals surface area contributed by atoms with Gasteiger partial charge in [-0.05, 0) is 98.2 Å². The minimum Gasteiger partial charge on any atom is -0.491 e. The van der Waals surface area contributed by atoms with E-state index in [0.29, 0.717) is 55.7 Å². The van der Waals surface area contributed by atoms with E-state index in [-0.39, 0.29) is 18.3 Å². The molecule has 4 aliphatic rings. The Bertz CT molecular complexity index is 1650. The second-order valence-electron chi connectivity index (χ2n) is 13.8. The fourth-order valence-electron chi connectivity index (χ4n) is 7.24. The first-order valence-electron chi connectivity index (χ1n) is 18.3. The molecule has 2 bridgehead atoms. The molecule has 0 unspecified atom stereocenters. The maximum absolute atomic E-state index is 14.0. The highest BCUT2D eigenvalue weighted by Crippen LogP contribution is 2.42. The Labute approximate surface area is 302 Å². The molecule has 10 nitrogen and oxygen atoms in total. The van der Waals surface area contributed by atoms with Crippen LogP contribution < -0.4 is 14.4 Å². The van der Waals surface area contributed by atoms with Gasteiger partial charge in [-0.2, -0.15) is 0 Å². The van der Waals surface area contributed by atoms with Crippen molar-refractivity contribution in [3.63, 3.8) is 0 Å². The van der Waals surface area contributed by atoms with Gasteiger partial charge < -0.3 is 19.1 Å². The van der Waals surface area contributed by atoms with E-state index in [1.165, 1.54) is 11.1 Å². The molecule has 50 heavy (non-hydrogen) atoms. The molecule has 1 N–H and O–H groups in total. The molecular weight excluding hydrogens is 676 g/mol. The van der Waals surface area contributed by atoms with Crippen molar-refractivity contribution in [3.05, 3.63) is 70.3 Å². The Hall–Kier alpha value is -2.96. The number of nitrogens with zero attached hydrogens (tertiary/aromatic N) is 3. The maximum atomic E-state index is 14.0. The predicted octanol–water partition coefficient (Wildman–Crippen LogP) is 6.20. The summed E-state index contributed by atoms with van der Waals surface area (Å²) in [6, 6.07) is 11.5. The molecule has 1 aliphatic carbocycles. The van der Waals surface area contributed by atoms with E-state index in [1.807, 2.05) is 18.2 Å². The lowest BCUT2D eigenvalue weighted by atomic mass is 9.70. The van der Waals surface area contributed by atoms with Gasteiger partial charge >= 0.3 is 0 Å². The van der Waals surface area contributed by atoms with Crippen LogP contribution in [0.15, 0.2) is 52.9 Å². The van der Waals surface area contributed by atoms with Gasteiger partial charge in [0.25, 0.3) is 5.91 Å². The molecule has 3 heterocycles. The third kappa shape index (κ3) is 9.67. The minimum atomic E-state index is -3.34. The number of fused-ring (bicyclic) bond motifs is 3. The van der Waals surface area contributed by atoms with Gasteiger partial charge in [0.15, 0.2) is 0 Å². The Kier molecular flexibility index (Phi) is 12.9. The average molecular weight is 727 g/mol. The number of hydrogen-bond donors (Lipinski definition) is 1. The van der Waals surface area contributed by atoms with Crippen molar-refractivity contribution < 1.29 is 28.0 Å². The van der Waals surface area contributed by atoms with E-state index < -0.39 is 21.7 Å². The molecule has 2 aromatic carbocycles. The van der Waals surface area contributed by atoms with E-state index in [1.54, 1.807) is 13.0 Å². The summed E-state index contributed by atoms with van der Waals surface area (Å²) in [5.74, 6) is 0.442. The maximum Gasteiger partial charge on any atom is 0.286 e. The number of nitrogens with one attached hydrogen (secondary N) is 1. The first kappa shape index (κ1) is 36.8. The number of allylic oxidation sites excluding steroid dienone is 1. The molecule has 2 amide bonds. The van der Waals surface area contributed by atoms with E-state index in [2.05, 4.69) is 43.2 Å². The molecule has 0 radical (unpaired) electrons. The number of carbonyl (C=O) groups excluding carboxylic acids is 2. The number of morpholine rings is 1. The number of hydrogen-bond acceptors (Lipinski definition) is 8. The van der Waals surface area contributed by atoms with Crippen molar-refractivity contribution in [2.75, 3.05) is 63.3 Å². The number of halogens is 1. The zero-order chi connectivity index (χ0) is 34.9. The lowest BCUT2D eigenvalue weighted by molar-refractivity contribution is -0.118. The van der Waals surface area contributed by atoms with Crippen molar-refractivity contribution in [2.45, 2.75) is 70.9 Å². The molecule has 12 heteroatoms. The number of ether oxygens (including phenoxy) is 3. The van der Waals surface area contributed by atoms with Gasteiger partial charge in [0.1, 0.15) is 15.7 Å². The third-order valence-corrected chi connectivity index (χ3v) is 12.4. The highest BCUT2D eigenvalue weighted by Gasteiger charge is 2.38. The van der Waals surface area contributed by atoms with Gasteiger partial charge in [0, 0.05) is 49.7 Å². The summed E-state index contributed by atoms with van der Waals surface area (Å²) in [5, 5.41) is 0.722. The Morgan fingerprint density at radius 1 is 1.08 bits per heavy atom. The van der Waals surface area contributed by atoms with E-state index >= 15 is 0 Å². The summed E-state index contributed by atoms with van der Waals surface area (Å²) in [6.07, 6.45) is 10.4. The lowest BCUT2D eigenvalue weighted by Gasteiger charge is -2.44. The monoisotopic (exact) mass is 726 g/mol. The van der Waals surface area contributed by atoms with Crippen LogP contribution in [-0.4, -0.2) is 85.4 Å². The minimum absolute atomic E-state index is 0.0600. The van der Waals surface area contributed by atoms with Crippen molar-refractivity contribution in [1.29, 1.82) is 0 Å². The van der Waals surface area contributed by atoms with E-state index in [9.17, 15) is 13.8 Å². The largest absolute Gasteiger partial charge is 0.491 e. The fourth-order valence-corrected chi connectivity index (χ4v) is 9.10. The zero-order valence-corrected chi connectivity index (χ0v) is 30.7. The first-order valence-corrected chi connectivity index (χ1v) is 20.3. The van der Waals surface area contributed by atoms with Crippen LogP contribution in [0.1, 0.15) is 73.4 Å². The standard InChI is InChI=1S/C38H51ClN4O6S/c1-2-37(44)40-50(46)23-7-3-4-9-35(49-22-18-42-16-20-47-21-17-42)33-14-11-31(33)27-43-26-30-10-13-32(39)24-28(30)8-5-6-19-48-36-15-12-29(25-34(36)43)38(45)41-50/h4,9-10,12-13,15,24-25,31,33,35H,2-3,5-8,11,14,16-23,26-27H2,1H3,(H,40,41,44,45,46)/b9-4+/t31-,33+,35-,50-/m0/s1. The fraction of sp³-hybridized carbons (Fsp3) is 0.579. The summed E-state index contributed by atoms with van der Waals surface area (Å²) in [6.45, 7) is 8.44. The second kappa shape index (κ2) is 17.5.